The minimum absolute atomic E-state index is 0.0607. The lowest BCUT2D eigenvalue weighted by Crippen LogP contribution is -2.42. The summed E-state index contributed by atoms with van der Waals surface area (Å²) in [7, 11) is 0. The quantitative estimate of drug-likeness (QED) is 0.517. The molecule has 0 aromatic heterocycles. The fraction of sp³-hybridized carbons (Fsp3) is 0.533. The Morgan fingerprint density at radius 3 is 2.56 bits per heavy atom. The number of rotatable bonds is 6. The van der Waals surface area contributed by atoms with E-state index in [9.17, 15) is 18.3 Å². The molecule has 1 aromatic rings. The highest BCUT2D eigenvalue weighted by molar-refractivity contribution is 5.92. The van der Waals surface area contributed by atoms with Crippen molar-refractivity contribution in [2.75, 3.05) is 44.7 Å². The number of nitrogens with two attached hydrogens (primary N) is 1. The number of aliphatic hydroxyl groups excluding tert-OH is 1. The second kappa shape index (κ2) is 8.88. The van der Waals surface area contributed by atoms with Crippen LogP contribution in [0, 0.1) is 0 Å². The molecule has 0 saturated carbocycles. The first-order chi connectivity index (χ1) is 11.8. The van der Waals surface area contributed by atoms with Crippen LogP contribution in [0.3, 0.4) is 0 Å². The number of morpholine rings is 1. The molecule has 0 spiro atoms. The van der Waals surface area contributed by atoms with Crippen LogP contribution in [0.25, 0.3) is 0 Å². The van der Waals surface area contributed by atoms with Crippen LogP contribution in [0.5, 0.6) is 5.75 Å². The molecule has 1 aromatic carbocycles. The Hall–Kier alpha value is -2.04. The van der Waals surface area contributed by atoms with Crippen LogP contribution < -0.4 is 15.8 Å². The molecule has 10 heteroatoms. The van der Waals surface area contributed by atoms with Crippen molar-refractivity contribution in [3.8, 4) is 5.75 Å². The zero-order valence-corrected chi connectivity index (χ0v) is 13.5. The van der Waals surface area contributed by atoms with Gasteiger partial charge >= 0.3 is 6.36 Å². The van der Waals surface area contributed by atoms with Crippen LogP contribution in [0.2, 0.25) is 0 Å². The average Bonchev–Trinajstić information content (AvgIpc) is 2.54. The second-order valence-electron chi connectivity index (χ2n) is 5.49. The van der Waals surface area contributed by atoms with E-state index in [0.29, 0.717) is 25.4 Å². The predicted molar refractivity (Wildman–Crippen MR) is 86.5 cm³/mol. The van der Waals surface area contributed by atoms with Crippen molar-refractivity contribution < 1.29 is 27.8 Å². The van der Waals surface area contributed by atoms with Crippen LogP contribution in [-0.2, 0) is 4.74 Å². The Bertz CT molecular complexity index is 560. The molecule has 1 aliphatic rings. The summed E-state index contributed by atoms with van der Waals surface area (Å²) < 4.78 is 45.3. The fourth-order valence-electron chi connectivity index (χ4n) is 2.27. The summed E-state index contributed by atoms with van der Waals surface area (Å²) in [6.07, 6.45) is -5.40. The van der Waals surface area contributed by atoms with Crippen molar-refractivity contribution in [2.24, 2.45) is 10.7 Å². The van der Waals surface area contributed by atoms with Gasteiger partial charge in [-0.3, -0.25) is 9.89 Å². The summed E-state index contributed by atoms with van der Waals surface area (Å²) in [5, 5.41) is 12.7. The largest absolute Gasteiger partial charge is 0.573 e. The first-order valence-electron chi connectivity index (χ1n) is 7.73. The van der Waals surface area contributed by atoms with E-state index in [4.69, 9.17) is 10.5 Å². The molecule has 4 N–H and O–H groups in total. The van der Waals surface area contributed by atoms with E-state index in [2.05, 4.69) is 19.9 Å². The Labute approximate surface area is 143 Å². The number of ether oxygens (including phenoxy) is 2. The molecule has 0 bridgehead atoms. The number of halogens is 3. The van der Waals surface area contributed by atoms with Gasteiger partial charge in [-0.25, -0.2) is 0 Å². The number of hydrogen-bond acceptors (Lipinski definition) is 5. The predicted octanol–water partition coefficient (Wildman–Crippen LogP) is 1.00. The first kappa shape index (κ1) is 19.3. The van der Waals surface area contributed by atoms with Crippen molar-refractivity contribution in [3.63, 3.8) is 0 Å². The summed E-state index contributed by atoms with van der Waals surface area (Å²) >= 11 is 0. The van der Waals surface area contributed by atoms with E-state index in [-0.39, 0.29) is 18.3 Å². The number of β-amino-alcohol motifs (C(OH)–C–C–N with tert-alkyl or cyclic N) is 1. The van der Waals surface area contributed by atoms with Crippen LogP contribution >= 0.6 is 0 Å². The van der Waals surface area contributed by atoms with E-state index in [1.807, 2.05) is 0 Å². The highest BCUT2D eigenvalue weighted by Crippen LogP contribution is 2.23. The third-order valence-electron chi connectivity index (χ3n) is 3.41. The maximum Gasteiger partial charge on any atom is 0.573 e. The van der Waals surface area contributed by atoms with Crippen LogP contribution in [0.1, 0.15) is 0 Å². The third-order valence-corrected chi connectivity index (χ3v) is 3.41. The number of alkyl halides is 3. The molecule has 0 radical (unpaired) electrons. The molecule has 25 heavy (non-hydrogen) atoms. The van der Waals surface area contributed by atoms with Gasteiger partial charge in [0.2, 0.25) is 0 Å². The SMILES string of the molecule is NC(=NCC(O)CN1CCOCC1)Nc1ccc(OC(F)(F)F)cc1. The van der Waals surface area contributed by atoms with Gasteiger partial charge in [0.15, 0.2) is 5.96 Å². The minimum atomic E-state index is -4.73. The number of guanidine groups is 1. The number of benzene rings is 1. The molecule has 1 heterocycles. The number of aliphatic imine (C=N–C) groups is 1. The summed E-state index contributed by atoms with van der Waals surface area (Å²) in [6.45, 7) is 3.41. The van der Waals surface area contributed by atoms with E-state index in [0.717, 1.165) is 25.2 Å². The van der Waals surface area contributed by atoms with E-state index < -0.39 is 12.5 Å². The highest BCUT2D eigenvalue weighted by atomic mass is 19.4. The van der Waals surface area contributed by atoms with E-state index in [1.165, 1.54) is 12.1 Å². The molecule has 1 saturated heterocycles. The molecule has 1 aliphatic heterocycles. The van der Waals surface area contributed by atoms with Gasteiger partial charge in [-0.2, -0.15) is 0 Å². The zero-order chi connectivity index (χ0) is 18.3. The lowest BCUT2D eigenvalue weighted by molar-refractivity contribution is -0.274. The smallest absolute Gasteiger partial charge is 0.406 e. The normalized spacial score (nSPS) is 18.0. The van der Waals surface area contributed by atoms with Gasteiger partial charge < -0.3 is 25.6 Å². The van der Waals surface area contributed by atoms with Gasteiger partial charge in [0.1, 0.15) is 5.75 Å². The highest BCUT2D eigenvalue weighted by Gasteiger charge is 2.30. The van der Waals surface area contributed by atoms with Crippen molar-refractivity contribution >= 4 is 11.6 Å². The molecule has 140 valence electrons. The first-order valence-corrected chi connectivity index (χ1v) is 7.73. The van der Waals surface area contributed by atoms with Gasteiger partial charge in [0.05, 0.1) is 25.9 Å². The Morgan fingerprint density at radius 2 is 1.96 bits per heavy atom. The van der Waals surface area contributed by atoms with Crippen molar-refractivity contribution in [1.82, 2.24) is 4.90 Å². The molecule has 1 atom stereocenters. The zero-order valence-electron chi connectivity index (χ0n) is 13.5. The van der Waals surface area contributed by atoms with Gasteiger partial charge in [-0.15, -0.1) is 13.2 Å². The summed E-state index contributed by atoms with van der Waals surface area (Å²) in [6, 6.07) is 5.09. The standard InChI is InChI=1S/C15H21F3N4O3/c16-15(17,18)25-13-3-1-11(2-4-13)21-14(19)20-9-12(23)10-22-5-7-24-8-6-22/h1-4,12,23H,5-10H2,(H3,19,20,21). The average molecular weight is 362 g/mol. The Morgan fingerprint density at radius 1 is 1.32 bits per heavy atom. The van der Waals surface area contributed by atoms with Gasteiger partial charge in [-0.05, 0) is 24.3 Å². The number of nitrogens with one attached hydrogen (secondary N) is 1. The van der Waals surface area contributed by atoms with Crippen LogP contribution in [-0.4, -0.2) is 67.8 Å². The number of hydrogen-bond donors (Lipinski definition) is 3. The Balaban J connectivity index is 1.78. The van der Waals surface area contributed by atoms with Crippen molar-refractivity contribution in [2.45, 2.75) is 12.5 Å². The molecule has 7 nitrogen and oxygen atoms in total. The van der Waals surface area contributed by atoms with E-state index >= 15 is 0 Å². The van der Waals surface area contributed by atoms with Crippen LogP contribution in [0.15, 0.2) is 29.3 Å². The maximum absolute atomic E-state index is 12.1. The van der Waals surface area contributed by atoms with Crippen LogP contribution in [0.4, 0.5) is 18.9 Å². The second-order valence-corrected chi connectivity index (χ2v) is 5.49. The summed E-state index contributed by atoms with van der Waals surface area (Å²) in [5.74, 6) is -0.264. The summed E-state index contributed by atoms with van der Waals surface area (Å²) in [4.78, 5) is 6.11. The lowest BCUT2D eigenvalue weighted by atomic mass is 10.3. The number of nitrogens with zero attached hydrogens (tertiary/aromatic N) is 2. The molecule has 2 rings (SSSR count). The monoisotopic (exact) mass is 362 g/mol. The number of aliphatic hydroxyl groups is 1. The molecule has 1 fully saturated rings. The lowest BCUT2D eigenvalue weighted by Gasteiger charge is -2.28. The van der Waals surface area contributed by atoms with Gasteiger partial charge in [0, 0.05) is 25.3 Å². The maximum atomic E-state index is 12.1. The molecule has 0 aliphatic carbocycles. The molecule has 1 unspecified atom stereocenters. The molecule has 0 amide bonds. The third kappa shape index (κ3) is 7.59. The Kier molecular flexibility index (Phi) is 6.85. The van der Waals surface area contributed by atoms with Gasteiger partial charge in [-0.1, -0.05) is 0 Å². The number of anilines is 1. The summed E-state index contributed by atoms with van der Waals surface area (Å²) in [5.41, 5.74) is 6.17. The topological polar surface area (TPSA) is 92.3 Å². The molecular formula is C15H21F3N4O3. The van der Waals surface area contributed by atoms with Gasteiger partial charge in [0.25, 0.3) is 0 Å². The van der Waals surface area contributed by atoms with Crippen molar-refractivity contribution in [3.05, 3.63) is 24.3 Å². The molecular weight excluding hydrogens is 341 g/mol. The minimum Gasteiger partial charge on any atom is -0.406 e. The van der Waals surface area contributed by atoms with Crippen molar-refractivity contribution in [1.29, 1.82) is 0 Å². The fourth-order valence-corrected chi connectivity index (χ4v) is 2.27. The van der Waals surface area contributed by atoms with E-state index in [1.54, 1.807) is 0 Å².